The Balaban J connectivity index is 1.76. The molecule has 3 heterocycles. The van der Waals surface area contributed by atoms with Crippen molar-refractivity contribution in [1.29, 1.82) is 0 Å². The second-order valence-corrected chi connectivity index (χ2v) is 7.76. The van der Waals surface area contributed by atoms with Crippen molar-refractivity contribution >= 4 is 28.4 Å². The molecule has 1 N–H and O–H groups in total. The lowest BCUT2D eigenvalue weighted by atomic mass is 10.2. The summed E-state index contributed by atoms with van der Waals surface area (Å²) in [5, 5.41) is 2.58. The van der Waals surface area contributed by atoms with Crippen LogP contribution in [0.2, 0.25) is 0 Å². The minimum atomic E-state index is -4.62. The van der Waals surface area contributed by atoms with Crippen LogP contribution in [0.5, 0.6) is 0 Å². The van der Waals surface area contributed by atoms with Crippen LogP contribution in [0, 0.1) is 11.6 Å². The predicted molar refractivity (Wildman–Crippen MR) is 117 cm³/mol. The fraction of sp³-hybridized carbons (Fsp3) is 0.174. The Morgan fingerprint density at radius 2 is 1.82 bits per heavy atom. The van der Waals surface area contributed by atoms with Gasteiger partial charge in [0.1, 0.15) is 17.2 Å². The SMILES string of the molecule is CN(C)c1ncc(NC(=O)c2cc3cc(C(F)(F)F)cnc3n2Cc2cccc(F)c2)cc1F. The van der Waals surface area contributed by atoms with Crippen molar-refractivity contribution < 1.29 is 26.7 Å². The van der Waals surface area contributed by atoms with Crippen LogP contribution in [-0.2, 0) is 12.7 Å². The van der Waals surface area contributed by atoms with Crippen LogP contribution in [0.25, 0.3) is 11.0 Å². The van der Waals surface area contributed by atoms with Gasteiger partial charge in [-0.05, 0) is 29.8 Å². The number of fused-ring (bicyclic) bond motifs is 1. The van der Waals surface area contributed by atoms with Crippen molar-refractivity contribution in [2.45, 2.75) is 12.7 Å². The van der Waals surface area contributed by atoms with Gasteiger partial charge in [-0.2, -0.15) is 13.2 Å². The van der Waals surface area contributed by atoms with E-state index in [0.29, 0.717) is 11.8 Å². The number of rotatable bonds is 5. The molecular weight excluding hydrogens is 457 g/mol. The van der Waals surface area contributed by atoms with Crippen molar-refractivity contribution in [1.82, 2.24) is 14.5 Å². The molecule has 0 unspecified atom stereocenters. The average molecular weight is 475 g/mol. The smallest absolute Gasteiger partial charge is 0.360 e. The number of anilines is 2. The molecule has 0 aliphatic carbocycles. The van der Waals surface area contributed by atoms with E-state index in [0.717, 1.165) is 12.1 Å². The second-order valence-electron chi connectivity index (χ2n) is 7.76. The Morgan fingerprint density at radius 3 is 2.47 bits per heavy atom. The van der Waals surface area contributed by atoms with E-state index in [9.17, 15) is 26.7 Å². The molecule has 0 aliphatic heterocycles. The van der Waals surface area contributed by atoms with Crippen LogP contribution >= 0.6 is 0 Å². The number of hydrogen-bond donors (Lipinski definition) is 1. The first-order valence-electron chi connectivity index (χ1n) is 9.98. The fourth-order valence-electron chi connectivity index (χ4n) is 3.49. The van der Waals surface area contributed by atoms with Crippen LogP contribution < -0.4 is 10.2 Å². The number of aromatic nitrogens is 3. The maximum absolute atomic E-state index is 14.3. The Labute approximate surface area is 190 Å². The zero-order chi connectivity index (χ0) is 24.6. The largest absolute Gasteiger partial charge is 0.417 e. The minimum absolute atomic E-state index is 0.0332. The van der Waals surface area contributed by atoms with Gasteiger partial charge in [-0.1, -0.05) is 12.1 Å². The molecule has 4 rings (SSSR count). The lowest BCUT2D eigenvalue weighted by molar-refractivity contribution is -0.137. The summed E-state index contributed by atoms with van der Waals surface area (Å²) in [6, 6.07) is 8.80. The number of carbonyl (C=O) groups is 1. The maximum atomic E-state index is 14.3. The third kappa shape index (κ3) is 4.68. The fourth-order valence-corrected chi connectivity index (χ4v) is 3.49. The van der Waals surface area contributed by atoms with E-state index >= 15 is 0 Å². The van der Waals surface area contributed by atoms with Crippen molar-refractivity contribution in [2.75, 3.05) is 24.3 Å². The molecule has 0 bridgehead atoms. The summed E-state index contributed by atoms with van der Waals surface area (Å²) in [6.07, 6.45) is -2.69. The highest BCUT2D eigenvalue weighted by Gasteiger charge is 2.32. The topological polar surface area (TPSA) is 63.1 Å². The predicted octanol–water partition coefficient (Wildman–Crippen LogP) is 5.09. The number of pyridine rings is 2. The molecule has 0 saturated heterocycles. The Morgan fingerprint density at radius 1 is 1.06 bits per heavy atom. The number of amides is 1. The highest BCUT2D eigenvalue weighted by atomic mass is 19.4. The number of benzene rings is 1. The molecule has 0 atom stereocenters. The van der Waals surface area contributed by atoms with Crippen LogP contribution in [-0.4, -0.2) is 34.5 Å². The third-order valence-corrected chi connectivity index (χ3v) is 5.03. The second kappa shape index (κ2) is 8.73. The highest BCUT2D eigenvalue weighted by molar-refractivity contribution is 6.06. The van der Waals surface area contributed by atoms with Crippen molar-refractivity contribution in [3.05, 3.63) is 83.3 Å². The first-order chi connectivity index (χ1) is 16.0. The van der Waals surface area contributed by atoms with E-state index in [4.69, 9.17) is 0 Å². The van der Waals surface area contributed by atoms with E-state index < -0.39 is 29.3 Å². The lowest BCUT2D eigenvalue weighted by Crippen LogP contribution is -2.19. The summed E-state index contributed by atoms with van der Waals surface area (Å²) >= 11 is 0. The summed E-state index contributed by atoms with van der Waals surface area (Å²) in [5.41, 5.74) is -0.380. The van der Waals surface area contributed by atoms with Gasteiger partial charge in [0.2, 0.25) is 0 Å². The zero-order valence-electron chi connectivity index (χ0n) is 18.0. The molecule has 1 amide bonds. The summed E-state index contributed by atoms with van der Waals surface area (Å²) in [4.78, 5) is 22.4. The molecule has 3 aromatic heterocycles. The van der Waals surface area contributed by atoms with Gasteiger partial charge in [0.25, 0.3) is 5.91 Å². The molecule has 0 spiro atoms. The van der Waals surface area contributed by atoms with E-state index in [1.54, 1.807) is 20.2 Å². The molecule has 34 heavy (non-hydrogen) atoms. The molecule has 1 aromatic carbocycles. The number of nitrogens with one attached hydrogen (secondary N) is 1. The number of carbonyl (C=O) groups excluding carboxylic acids is 1. The molecule has 4 aromatic rings. The standard InChI is InChI=1S/C23H18F5N5O/c1-32(2)21-18(25)9-17(11-30-21)31-22(34)19-8-14-7-15(23(26,27)28)10-29-20(14)33(19)12-13-4-3-5-16(24)6-13/h3-11H,12H2,1-2H3,(H,31,34). The van der Waals surface area contributed by atoms with E-state index in [1.165, 1.54) is 39.9 Å². The van der Waals surface area contributed by atoms with Crippen LogP contribution in [0.3, 0.4) is 0 Å². The summed E-state index contributed by atoms with van der Waals surface area (Å²) in [5.74, 6) is -1.82. The molecule has 176 valence electrons. The lowest BCUT2D eigenvalue weighted by Gasteiger charge is -2.14. The van der Waals surface area contributed by atoms with Gasteiger partial charge in [-0.15, -0.1) is 0 Å². The highest BCUT2D eigenvalue weighted by Crippen LogP contribution is 2.32. The van der Waals surface area contributed by atoms with E-state index in [2.05, 4.69) is 15.3 Å². The normalized spacial score (nSPS) is 11.6. The maximum Gasteiger partial charge on any atom is 0.417 e. The number of alkyl halides is 3. The monoisotopic (exact) mass is 475 g/mol. The molecule has 0 radical (unpaired) electrons. The first-order valence-corrected chi connectivity index (χ1v) is 9.98. The van der Waals surface area contributed by atoms with Crippen molar-refractivity contribution in [2.24, 2.45) is 0 Å². The van der Waals surface area contributed by atoms with Crippen LogP contribution in [0.4, 0.5) is 33.5 Å². The van der Waals surface area contributed by atoms with Gasteiger partial charge < -0.3 is 14.8 Å². The Kier molecular flexibility index (Phi) is 5.94. The van der Waals surface area contributed by atoms with Gasteiger partial charge in [-0.25, -0.2) is 18.7 Å². The molecule has 6 nitrogen and oxygen atoms in total. The Bertz CT molecular complexity index is 1380. The van der Waals surface area contributed by atoms with E-state index in [-0.39, 0.29) is 34.8 Å². The van der Waals surface area contributed by atoms with Crippen molar-refractivity contribution in [3.8, 4) is 0 Å². The molecule has 0 aliphatic rings. The molecule has 0 saturated carbocycles. The first kappa shape index (κ1) is 23.1. The van der Waals surface area contributed by atoms with Crippen LogP contribution in [0.1, 0.15) is 21.6 Å². The molecule has 0 fully saturated rings. The quantitative estimate of drug-likeness (QED) is 0.409. The van der Waals surface area contributed by atoms with Gasteiger partial charge in [0, 0.05) is 38.3 Å². The third-order valence-electron chi connectivity index (χ3n) is 5.03. The van der Waals surface area contributed by atoms with Crippen LogP contribution in [0.15, 0.2) is 54.9 Å². The number of halogens is 5. The minimum Gasteiger partial charge on any atom is -0.360 e. The zero-order valence-corrected chi connectivity index (χ0v) is 18.0. The molecule has 11 heteroatoms. The average Bonchev–Trinajstić information content (AvgIpc) is 3.11. The molecular formula is C23H18F5N5O. The summed E-state index contributed by atoms with van der Waals surface area (Å²) in [7, 11) is 3.22. The van der Waals surface area contributed by atoms with Crippen molar-refractivity contribution in [3.63, 3.8) is 0 Å². The number of hydrogen-bond acceptors (Lipinski definition) is 4. The van der Waals surface area contributed by atoms with Gasteiger partial charge in [0.15, 0.2) is 11.6 Å². The number of nitrogens with zero attached hydrogens (tertiary/aromatic N) is 4. The van der Waals surface area contributed by atoms with Gasteiger partial charge >= 0.3 is 6.18 Å². The summed E-state index contributed by atoms with van der Waals surface area (Å²) in [6.45, 7) is -0.0332. The summed E-state index contributed by atoms with van der Waals surface area (Å²) < 4.78 is 68.9. The Hall–Kier alpha value is -4.02. The van der Waals surface area contributed by atoms with Gasteiger partial charge in [0.05, 0.1) is 17.4 Å². The van der Waals surface area contributed by atoms with E-state index in [1.807, 2.05) is 0 Å². The van der Waals surface area contributed by atoms with Gasteiger partial charge in [-0.3, -0.25) is 4.79 Å².